The predicted octanol–water partition coefficient (Wildman–Crippen LogP) is 2.18. The number of benzene rings is 2. The zero-order valence-corrected chi connectivity index (χ0v) is 21.5. The number of morpholine rings is 1. The Morgan fingerprint density at radius 1 is 1.08 bits per heavy atom. The minimum absolute atomic E-state index is 0.284. The van der Waals surface area contributed by atoms with Crippen molar-refractivity contribution in [2.45, 2.75) is 44.0 Å². The highest BCUT2D eigenvalue weighted by molar-refractivity contribution is 6.01. The first-order valence-corrected chi connectivity index (χ1v) is 13.0. The second kappa shape index (κ2) is 11.6. The fourth-order valence-corrected chi connectivity index (χ4v) is 4.95. The molecule has 4 N–H and O–H groups in total. The molecule has 39 heavy (non-hydrogen) atoms. The molecule has 10 nitrogen and oxygen atoms in total. The number of nitrogens with zero attached hydrogens (tertiary/aromatic N) is 2. The van der Waals surface area contributed by atoms with Gasteiger partial charge in [-0.15, -0.1) is 0 Å². The van der Waals surface area contributed by atoms with Gasteiger partial charge in [-0.25, -0.2) is 0 Å². The standard InChI is InChI=1S/C29H31N3O7/c1-2-23-26(33)27(34)25(29(36)39-23)31-28(35)20(16-30)15-22-7-8-24(38-22)19-4-3-18-14-21(6-5-17(18)13-19)32-9-11-37-12-10-32/h3-8,13-15,23,25-27,29,33-34,36H,2,9-12H2,1H3,(H,31,35)/b20-15+/t23-,25-,26-,27-,29?/m1/s1. The number of anilines is 1. The lowest BCUT2D eigenvalue weighted by molar-refractivity contribution is -0.247. The summed E-state index contributed by atoms with van der Waals surface area (Å²) >= 11 is 0. The van der Waals surface area contributed by atoms with Crippen LogP contribution in [0.5, 0.6) is 0 Å². The second-order valence-corrected chi connectivity index (χ2v) is 9.67. The zero-order chi connectivity index (χ0) is 27.5. The Labute approximate surface area is 225 Å². The van der Waals surface area contributed by atoms with Gasteiger partial charge in [0.05, 0.1) is 19.3 Å². The molecule has 0 saturated carbocycles. The maximum atomic E-state index is 12.7. The molecule has 0 radical (unpaired) electrons. The van der Waals surface area contributed by atoms with Crippen molar-refractivity contribution < 1.29 is 34.0 Å². The van der Waals surface area contributed by atoms with E-state index in [2.05, 4.69) is 28.4 Å². The van der Waals surface area contributed by atoms with Crippen LogP contribution in [0.2, 0.25) is 0 Å². The van der Waals surface area contributed by atoms with Crippen molar-refractivity contribution in [1.29, 1.82) is 5.26 Å². The van der Waals surface area contributed by atoms with Crippen LogP contribution >= 0.6 is 0 Å². The number of amides is 1. The Balaban J connectivity index is 1.30. The predicted molar refractivity (Wildman–Crippen MR) is 143 cm³/mol. The quantitative estimate of drug-likeness (QED) is 0.276. The lowest BCUT2D eigenvalue weighted by Crippen LogP contribution is -2.63. The largest absolute Gasteiger partial charge is 0.457 e. The number of hydrogen-bond donors (Lipinski definition) is 4. The van der Waals surface area contributed by atoms with Crippen LogP contribution in [-0.4, -0.2) is 78.2 Å². The lowest BCUT2D eigenvalue weighted by Gasteiger charge is -2.40. The SMILES string of the molecule is CC[C@H]1OC(O)[C@H](NC(=O)/C(C#N)=C/c2ccc(-c3ccc4cc(N5CCOCC5)ccc4c3)o2)[C@@H](O)[C@@H]1O. The molecule has 2 aliphatic heterocycles. The van der Waals surface area contributed by atoms with Crippen LogP contribution in [0.4, 0.5) is 5.69 Å². The molecule has 2 saturated heterocycles. The van der Waals surface area contributed by atoms with E-state index in [0.717, 1.165) is 48.3 Å². The van der Waals surface area contributed by atoms with Gasteiger partial charge in [0.2, 0.25) is 0 Å². The molecule has 0 spiro atoms. The van der Waals surface area contributed by atoms with Gasteiger partial charge in [-0.3, -0.25) is 4.79 Å². The molecule has 10 heteroatoms. The van der Waals surface area contributed by atoms with Gasteiger partial charge in [0.15, 0.2) is 6.29 Å². The van der Waals surface area contributed by atoms with E-state index in [4.69, 9.17) is 13.9 Å². The summed E-state index contributed by atoms with van der Waals surface area (Å²) in [5.74, 6) is 0.0102. The van der Waals surface area contributed by atoms with Gasteiger partial charge < -0.3 is 39.4 Å². The van der Waals surface area contributed by atoms with Crippen LogP contribution in [0.25, 0.3) is 28.2 Å². The van der Waals surface area contributed by atoms with E-state index < -0.39 is 36.6 Å². The molecular formula is C29H31N3O7. The Bertz CT molecular complexity index is 1410. The minimum Gasteiger partial charge on any atom is -0.457 e. The molecule has 2 fully saturated rings. The summed E-state index contributed by atoms with van der Waals surface area (Å²) in [4.78, 5) is 15.1. The molecule has 1 aromatic heterocycles. The number of carbonyl (C=O) groups excluding carboxylic acids is 1. The first-order valence-electron chi connectivity index (χ1n) is 13.0. The first-order chi connectivity index (χ1) is 18.9. The van der Waals surface area contributed by atoms with Crippen molar-refractivity contribution in [2.24, 2.45) is 0 Å². The topological polar surface area (TPSA) is 148 Å². The van der Waals surface area contributed by atoms with Crippen molar-refractivity contribution in [2.75, 3.05) is 31.2 Å². The van der Waals surface area contributed by atoms with Crippen LogP contribution in [0, 0.1) is 11.3 Å². The first kappa shape index (κ1) is 26.9. The van der Waals surface area contributed by atoms with E-state index in [1.807, 2.05) is 24.3 Å². The summed E-state index contributed by atoms with van der Waals surface area (Å²) in [6.45, 7) is 4.92. The normalized spacial score (nSPS) is 25.9. The van der Waals surface area contributed by atoms with Crippen molar-refractivity contribution in [3.05, 3.63) is 59.9 Å². The molecule has 3 heterocycles. The maximum absolute atomic E-state index is 12.7. The van der Waals surface area contributed by atoms with Gasteiger partial charge in [-0.05, 0) is 47.5 Å². The molecule has 3 aromatic rings. The number of nitrogens with one attached hydrogen (secondary N) is 1. The number of hydrogen-bond acceptors (Lipinski definition) is 9. The van der Waals surface area contributed by atoms with Crippen LogP contribution in [0.1, 0.15) is 19.1 Å². The third kappa shape index (κ3) is 5.68. The van der Waals surface area contributed by atoms with E-state index in [9.17, 15) is 25.4 Å². The molecule has 1 unspecified atom stereocenters. The third-order valence-electron chi connectivity index (χ3n) is 7.18. The fraction of sp³-hybridized carbons (Fsp3) is 0.379. The summed E-state index contributed by atoms with van der Waals surface area (Å²) in [6, 6.07) is 16.2. The zero-order valence-electron chi connectivity index (χ0n) is 21.5. The maximum Gasteiger partial charge on any atom is 0.262 e. The Morgan fingerprint density at radius 2 is 1.82 bits per heavy atom. The number of fused-ring (bicyclic) bond motifs is 1. The van der Waals surface area contributed by atoms with E-state index >= 15 is 0 Å². The number of aliphatic hydroxyl groups excluding tert-OH is 3. The molecule has 5 atom stereocenters. The highest BCUT2D eigenvalue weighted by Gasteiger charge is 2.44. The average Bonchev–Trinajstić information content (AvgIpc) is 3.44. The Morgan fingerprint density at radius 3 is 2.56 bits per heavy atom. The van der Waals surface area contributed by atoms with Crippen molar-refractivity contribution >= 4 is 28.4 Å². The van der Waals surface area contributed by atoms with Crippen LogP contribution in [-0.2, 0) is 14.3 Å². The van der Waals surface area contributed by atoms with Gasteiger partial charge in [0.25, 0.3) is 5.91 Å². The number of nitriles is 1. The number of rotatable bonds is 6. The van der Waals surface area contributed by atoms with Crippen molar-refractivity contribution in [3.63, 3.8) is 0 Å². The fourth-order valence-electron chi connectivity index (χ4n) is 4.95. The van der Waals surface area contributed by atoms with E-state index in [1.165, 1.54) is 6.08 Å². The van der Waals surface area contributed by atoms with E-state index in [-0.39, 0.29) is 11.3 Å². The number of furan rings is 1. The number of ether oxygens (including phenoxy) is 2. The lowest BCUT2D eigenvalue weighted by atomic mass is 9.95. The molecule has 2 aromatic carbocycles. The molecular weight excluding hydrogens is 502 g/mol. The third-order valence-corrected chi connectivity index (χ3v) is 7.18. The molecule has 0 aliphatic carbocycles. The highest BCUT2D eigenvalue weighted by Crippen LogP contribution is 2.30. The van der Waals surface area contributed by atoms with E-state index in [1.54, 1.807) is 19.1 Å². The Hall–Kier alpha value is -3.72. The van der Waals surface area contributed by atoms with Crippen LogP contribution in [0.3, 0.4) is 0 Å². The second-order valence-electron chi connectivity index (χ2n) is 9.67. The molecule has 204 valence electrons. The smallest absolute Gasteiger partial charge is 0.262 e. The van der Waals surface area contributed by atoms with Crippen molar-refractivity contribution in [1.82, 2.24) is 5.32 Å². The number of carbonyl (C=O) groups is 1. The summed E-state index contributed by atoms with van der Waals surface area (Å²) in [5.41, 5.74) is 1.71. The van der Waals surface area contributed by atoms with Gasteiger partial charge in [-0.2, -0.15) is 5.26 Å². The van der Waals surface area contributed by atoms with Gasteiger partial charge in [-0.1, -0.05) is 25.1 Å². The van der Waals surface area contributed by atoms with Gasteiger partial charge in [0, 0.05) is 30.4 Å². The van der Waals surface area contributed by atoms with Gasteiger partial charge >= 0.3 is 0 Å². The van der Waals surface area contributed by atoms with Crippen molar-refractivity contribution in [3.8, 4) is 17.4 Å². The van der Waals surface area contributed by atoms with Gasteiger partial charge in [0.1, 0.15) is 41.4 Å². The molecule has 1 amide bonds. The molecule has 2 aliphatic rings. The van der Waals surface area contributed by atoms with Crippen LogP contribution < -0.4 is 10.2 Å². The average molecular weight is 534 g/mol. The number of aliphatic hydroxyl groups is 3. The summed E-state index contributed by atoms with van der Waals surface area (Å²) in [7, 11) is 0. The molecule has 0 bridgehead atoms. The van der Waals surface area contributed by atoms with Crippen LogP contribution in [0.15, 0.2) is 58.5 Å². The van der Waals surface area contributed by atoms with E-state index in [0.29, 0.717) is 12.2 Å². The summed E-state index contributed by atoms with van der Waals surface area (Å²) < 4.78 is 16.6. The highest BCUT2D eigenvalue weighted by atomic mass is 16.6. The minimum atomic E-state index is -1.54. The Kier molecular flexibility index (Phi) is 7.97. The molecule has 5 rings (SSSR count). The monoisotopic (exact) mass is 533 g/mol. The summed E-state index contributed by atoms with van der Waals surface area (Å²) in [5, 5.41) is 44.8. The summed E-state index contributed by atoms with van der Waals surface area (Å²) in [6.07, 6.45) is -3.41.